The van der Waals surface area contributed by atoms with Gasteiger partial charge in [0.05, 0.1) is 11.0 Å². The van der Waals surface area contributed by atoms with Crippen LogP contribution >= 0.6 is 0 Å². The molecule has 6 nitrogen and oxygen atoms in total. The van der Waals surface area contributed by atoms with E-state index < -0.39 is 16.1 Å². The van der Waals surface area contributed by atoms with Gasteiger partial charge in [-0.3, -0.25) is 0 Å². The van der Waals surface area contributed by atoms with Crippen LogP contribution in [0.1, 0.15) is 44.4 Å². The molecule has 158 valence electrons. The van der Waals surface area contributed by atoms with Gasteiger partial charge in [-0.25, -0.2) is 8.42 Å². The van der Waals surface area contributed by atoms with E-state index >= 15 is 0 Å². The lowest BCUT2D eigenvalue weighted by atomic mass is 9.82. The zero-order chi connectivity index (χ0) is 21.2. The fourth-order valence-corrected chi connectivity index (χ4v) is 4.85. The van der Waals surface area contributed by atoms with Gasteiger partial charge in [0.15, 0.2) is 0 Å². The molecule has 2 aromatic carbocycles. The van der Waals surface area contributed by atoms with Crippen LogP contribution in [0.2, 0.25) is 0 Å². The van der Waals surface area contributed by atoms with Gasteiger partial charge in [0.25, 0.3) is 0 Å². The standard InChI is InChI=1S/C22H30N2O4S/c1-4-22(2,3)17-8-10-20(11-9-17)29(27,28)24-14-18(15-24)23-13-21(26)16-6-5-7-19(25)12-16/h5-12,18,21,23,25-26H,4,13-15H2,1-3H3. The van der Waals surface area contributed by atoms with Gasteiger partial charge in [-0.05, 0) is 47.2 Å². The van der Waals surface area contributed by atoms with Gasteiger partial charge in [-0.15, -0.1) is 0 Å². The Morgan fingerprint density at radius 1 is 1.17 bits per heavy atom. The number of nitrogens with zero attached hydrogens (tertiary/aromatic N) is 1. The summed E-state index contributed by atoms with van der Waals surface area (Å²) in [6.07, 6.45) is 0.217. The van der Waals surface area contributed by atoms with Crippen LogP contribution in [0.5, 0.6) is 5.75 Å². The van der Waals surface area contributed by atoms with E-state index in [1.807, 2.05) is 12.1 Å². The highest BCUT2D eigenvalue weighted by Gasteiger charge is 2.36. The number of phenols is 1. The van der Waals surface area contributed by atoms with Gasteiger partial charge in [-0.1, -0.05) is 45.0 Å². The Balaban J connectivity index is 1.54. The molecule has 0 bridgehead atoms. The Bertz CT molecular complexity index is 936. The predicted molar refractivity (Wildman–Crippen MR) is 113 cm³/mol. The molecule has 0 radical (unpaired) electrons. The maximum Gasteiger partial charge on any atom is 0.243 e. The number of aromatic hydroxyl groups is 1. The topological polar surface area (TPSA) is 89.9 Å². The van der Waals surface area contributed by atoms with Crippen molar-refractivity contribution in [2.75, 3.05) is 19.6 Å². The van der Waals surface area contributed by atoms with Crippen LogP contribution in [0.15, 0.2) is 53.4 Å². The second-order valence-corrected chi connectivity index (χ2v) is 10.2. The van der Waals surface area contributed by atoms with E-state index in [2.05, 4.69) is 26.1 Å². The van der Waals surface area contributed by atoms with Crippen LogP contribution < -0.4 is 5.32 Å². The summed E-state index contributed by atoms with van der Waals surface area (Å²) in [5.41, 5.74) is 1.77. The molecular formula is C22H30N2O4S. The predicted octanol–water partition coefficient (Wildman–Crippen LogP) is 2.78. The third-order valence-electron chi connectivity index (χ3n) is 5.86. The molecule has 1 aliphatic heterocycles. The molecule has 0 aromatic heterocycles. The zero-order valence-electron chi connectivity index (χ0n) is 17.2. The highest BCUT2D eigenvalue weighted by molar-refractivity contribution is 7.89. The quantitative estimate of drug-likeness (QED) is 0.613. The number of hydrogen-bond donors (Lipinski definition) is 3. The molecule has 29 heavy (non-hydrogen) atoms. The summed E-state index contributed by atoms with van der Waals surface area (Å²) in [6, 6.07) is 13.7. The molecule has 1 saturated heterocycles. The molecule has 0 spiro atoms. The third-order valence-corrected chi connectivity index (χ3v) is 7.71. The van der Waals surface area contributed by atoms with Crippen molar-refractivity contribution in [1.29, 1.82) is 0 Å². The van der Waals surface area contributed by atoms with Crippen LogP contribution in [-0.2, 0) is 15.4 Å². The number of sulfonamides is 1. The Morgan fingerprint density at radius 3 is 2.41 bits per heavy atom. The number of nitrogens with one attached hydrogen (secondary N) is 1. The van der Waals surface area contributed by atoms with Crippen LogP contribution in [0.25, 0.3) is 0 Å². The first kappa shape index (κ1) is 21.8. The molecule has 1 unspecified atom stereocenters. The number of hydrogen-bond acceptors (Lipinski definition) is 5. The Morgan fingerprint density at radius 2 is 1.83 bits per heavy atom. The van der Waals surface area contributed by atoms with Gasteiger partial charge in [0.1, 0.15) is 5.75 Å². The van der Waals surface area contributed by atoms with Gasteiger partial charge in [0.2, 0.25) is 10.0 Å². The first-order chi connectivity index (χ1) is 13.6. The molecule has 1 fully saturated rings. The average molecular weight is 419 g/mol. The van der Waals surface area contributed by atoms with Gasteiger partial charge < -0.3 is 15.5 Å². The summed E-state index contributed by atoms with van der Waals surface area (Å²) in [4.78, 5) is 0.311. The first-order valence-electron chi connectivity index (χ1n) is 9.94. The highest BCUT2D eigenvalue weighted by Crippen LogP contribution is 2.29. The molecule has 3 N–H and O–H groups in total. The molecule has 3 rings (SSSR count). The number of phenolic OH excluding ortho intramolecular Hbond substituents is 1. The van der Waals surface area contributed by atoms with Crippen LogP contribution in [0.3, 0.4) is 0 Å². The van der Waals surface area contributed by atoms with Crippen molar-refractivity contribution < 1.29 is 18.6 Å². The molecule has 0 amide bonds. The van der Waals surface area contributed by atoms with Crippen molar-refractivity contribution in [2.45, 2.75) is 49.6 Å². The maximum atomic E-state index is 12.8. The minimum atomic E-state index is -3.50. The molecule has 1 heterocycles. The SMILES string of the molecule is CCC(C)(C)c1ccc(S(=O)(=O)N2CC(NCC(O)c3cccc(O)c3)C2)cc1. The molecule has 0 saturated carbocycles. The summed E-state index contributed by atoms with van der Waals surface area (Å²) >= 11 is 0. The maximum absolute atomic E-state index is 12.8. The number of aliphatic hydroxyl groups excluding tert-OH is 1. The van der Waals surface area contributed by atoms with Crippen molar-refractivity contribution >= 4 is 10.0 Å². The van der Waals surface area contributed by atoms with E-state index in [1.54, 1.807) is 30.3 Å². The third kappa shape index (κ3) is 4.80. The Hall–Kier alpha value is -1.93. The van der Waals surface area contributed by atoms with Crippen LogP contribution in [0, 0.1) is 0 Å². The molecule has 7 heteroatoms. The minimum absolute atomic E-state index is 0.00460. The van der Waals surface area contributed by atoms with E-state index in [0.29, 0.717) is 30.1 Å². The minimum Gasteiger partial charge on any atom is -0.508 e. The van der Waals surface area contributed by atoms with E-state index in [1.165, 1.54) is 10.4 Å². The van der Waals surface area contributed by atoms with Crippen molar-refractivity contribution in [3.63, 3.8) is 0 Å². The summed E-state index contributed by atoms with van der Waals surface area (Å²) < 4.78 is 27.1. The fourth-order valence-electron chi connectivity index (χ4n) is 3.32. The van der Waals surface area contributed by atoms with Gasteiger partial charge in [0, 0.05) is 25.7 Å². The normalized spacial score (nSPS) is 17.1. The van der Waals surface area contributed by atoms with Crippen molar-refractivity contribution in [3.05, 3.63) is 59.7 Å². The largest absolute Gasteiger partial charge is 0.508 e. The Labute approximate surface area is 173 Å². The monoisotopic (exact) mass is 418 g/mol. The smallest absolute Gasteiger partial charge is 0.243 e. The second kappa shape index (κ2) is 8.44. The number of aliphatic hydroxyl groups is 1. The van der Waals surface area contributed by atoms with Crippen molar-refractivity contribution in [1.82, 2.24) is 9.62 Å². The van der Waals surface area contributed by atoms with Gasteiger partial charge >= 0.3 is 0 Å². The summed E-state index contributed by atoms with van der Waals surface area (Å²) in [7, 11) is -3.50. The van der Waals surface area contributed by atoms with Gasteiger partial charge in [-0.2, -0.15) is 4.31 Å². The van der Waals surface area contributed by atoms with E-state index in [-0.39, 0.29) is 17.2 Å². The Kier molecular flexibility index (Phi) is 6.33. The molecule has 1 atom stereocenters. The summed E-state index contributed by atoms with van der Waals surface area (Å²) in [5, 5.41) is 22.9. The van der Waals surface area contributed by atoms with Crippen molar-refractivity contribution in [2.24, 2.45) is 0 Å². The summed E-state index contributed by atoms with van der Waals surface area (Å²) in [5.74, 6) is 0.107. The number of benzene rings is 2. The van der Waals surface area contributed by atoms with E-state index in [9.17, 15) is 18.6 Å². The fraction of sp³-hybridized carbons (Fsp3) is 0.455. The second-order valence-electron chi connectivity index (χ2n) is 8.30. The van der Waals surface area contributed by atoms with E-state index in [4.69, 9.17) is 0 Å². The average Bonchev–Trinajstić information content (AvgIpc) is 2.66. The highest BCUT2D eigenvalue weighted by atomic mass is 32.2. The van der Waals surface area contributed by atoms with Crippen LogP contribution in [0.4, 0.5) is 0 Å². The van der Waals surface area contributed by atoms with E-state index in [0.717, 1.165) is 12.0 Å². The zero-order valence-corrected chi connectivity index (χ0v) is 18.0. The van der Waals surface area contributed by atoms with Crippen molar-refractivity contribution in [3.8, 4) is 5.75 Å². The van der Waals surface area contributed by atoms with Crippen LogP contribution in [-0.4, -0.2) is 48.6 Å². The lowest BCUT2D eigenvalue weighted by Crippen LogP contribution is -2.60. The molecule has 2 aromatic rings. The summed E-state index contributed by atoms with van der Waals surface area (Å²) in [6.45, 7) is 7.45. The first-order valence-corrected chi connectivity index (χ1v) is 11.4. The lowest BCUT2D eigenvalue weighted by molar-refractivity contribution is 0.149. The molecular weight excluding hydrogens is 388 g/mol. The lowest BCUT2D eigenvalue weighted by Gasteiger charge is -2.39. The number of rotatable bonds is 8. The molecule has 0 aliphatic carbocycles. The molecule has 1 aliphatic rings.